The Morgan fingerprint density at radius 1 is 1.00 bits per heavy atom. The molecule has 2 atom stereocenters. The fraction of sp³-hybridized carbons (Fsp3) is 1.00. The van der Waals surface area contributed by atoms with E-state index in [9.17, 15) is 0 Å². The van der Waals surface area contributed by atoms with Gasteiger partial charge in [0.05, 0.1) is 0 Å². The molecule has 0 aromatic carbocycles. The van der Waals surface area contributed by atoms with E-state index >= 15 is 0 Å². The van der Waals surface area contributed by atoms with Crippen LogP contribution in [0.2, 0.25) is 0 Å². The van der Waals surface area contributed by atoms with Crippen LogP contribution in [-0.2, 0) is 0 Å². The van der Waals surface area contributed by atoms with Crippen LogP contribution in [0.25, 0.3) is 0 Å². The van der Waals surface area contributed by atoms with Crippen LogP contribution in [0.15, 0.2) is 0 Å². The third-order valence-electron chi connectivity index (χ3n) is 0.972. The van der Waals surface area contributed by atoms with Crippen LogP contribution in [-0.4, -0.2) is 23.6 Å². The first-order chi connectivity index (χ1) is 3.72. The van der Waals surface area contributed by atoms with Crippen LogP contribution in [0, 0.1) is 0 Å². The molecular formula is C4H12N2S2. The molecule has 0 aromatic heterocycles. The Labute approximate surface area is 60.8 Å². The van der Waals surface area contributed by atoms with Gasteiger partial charge in [0.25, 0.3) is 0 Å². The van der Waals surface area contributed by atoms with Crippen LogP contribution in [0.3, 0.4) is 0 Å². The molecule has 0 spiro atoms. The molecule has 0 amide bonds. The van der Waals surface area contributed by atoms with Gasteiger partial charge in [0.2, 0.25) is 0 Å². The van der Waals surface area contributed by atoms with Gasteiger partial charge in [-0.15, -0.1) is 0 Å². The summed E-state index contributed by atoms with van der Waals surface area (Å²) >= 11 is 7.94. The summed E-state index contributed by atoms with van der Waals surface area (Å²) in [6.45, 7) is 0. The quantitative estimate of drug-likeness (QED) is 0.412. The second-order valence-corrected chi connectivity index (χ2v) is 2.42. The molecule has 0 aliphatic rings. The van der Waals surface area contributed by atoms with E-state index in [-0.39, 0.29) is 12.1 Å². The number of nitrogens with two attached hydrogens (primary N) is 2. The summed E-state index contributed by atoms with van der Waals surface area (Å²) in [7, 11) is 0. The Bertz CT molecular complexity index is 52.0. The molecule has 2 nitrogen and oxygen atoms in total. The topological polar surface area (TPSA) is 52.0 Å². The van der Waals surface area contributed by atoms with Crippen LogP contribution < -0.4 is 11.5 Å². The van der Waals surface area contributed by atoms with Crippen molar-refractivity contribution in [1.82, 2.24) is 0 Å². The maximum Gasteiger partial charge on any atom is 0.0289 e. The highest BCUT2D eigenvalue weighted by Gasteiger charge is 2.07. The molecule has 8 heavy (non-hydrogen) atoms. The lowest BCUT2D eigenvalue weighted by Gasteiger charge is -2.13. The Morgan fingerprint density at radius 2 is 1.25 bits per heavy atom. The number of hydrogen-bond acceptors (Lipinski definition) is 4. The maximum atomic E-state index is 5.48. The third-order valence-corrected chi connectivity index (χ3v) is 1.81. The van der Waals surface area contributed by atoms with Gasteiger partial charge in [0.1, 0.15) is 0 Å². The van der Waals surface area contributed by atoms with E-state index < -0.39 is 0 Å². The van der Waals surface area contributed by atoms with Crippen molar-refractivity contribution in [2.45, 2.75) is 12.1 Å². The average Bonchev–Trinajstić information content (AvgIpc) is 1.84. The molecule has 0 heterocycles. The predicted octanol–water partition coefficient (Wildman–Crippen LogP) is -0.499. The summed E-state index contributed by atoms with van der Waals surface area (Å²) in [5.41, 5.74) is 11.0. The Kier molecular flexibility index (Phi) is 4.84. The van der Waals surface area contributed by atoms with Crippen molar-refractivity contribution in [3.63, 3.8) is 0 Å². The summed E-state index contributed by atoms with van der Waals surface area (Å²) in [6, 6.07) is -0.0355. The third kappa shape index (κ3) is 2.81. The lowest BCUT2D eigenvalue weighted by atomic mass is 10.2. The van der Waals surface area contributed by atoms with E-state index in [1.54, 1.807) is 0 Å². The highest BCUT2D eigenvalue weighted by Crippen LogP contribution is 1.91. The molecule has 0 aliphatic carbocycles. The number of thiol groups is 2. The first-order valence-corrected chi connectivity index (χ1v) is 3.71. The van der Waals surface area contributed by atoms with Gasteiger partial charge in [0.15, 0.2) is 0 Å². The van der Waals surface area contributed by atoms with Crippen molar-refractivity contribution in [1.29, 1.82) is 0 Å². The smallest absolute Gasteiger partial charge is 0.0289 e. The molecule has 0 aliphatic heterocycles. The maximum absolute atomic E-state index is 5.48. The van der Waals surface area contributed by atoms with Crippen molar-refractivity contribution in [3.05, 3.63) is 0 Å². The lowest BCUT2D eigenvalue weighted by molar-refractivity contribution is 0.621. The lowest BCUT2D eigenvalue weighted by Crippen LogP contribution is -2.43. The SMILES string of the molecule is NC(CS)C(N)CS. The fourth-order valence-corrected chi connectivity index (χ4v) is 0.812. The number of hydrogen-bond donors (Lipinski definition) is 4. The van der Waals surface area contributed by atoms with Gasteiger partial charge in [-0.25, -0.2) is 0 Å². The minimum Gasteiger partial charge on any atom is -0.326 e. The first kappa shape index (κ1) is 8.62. The van der Waals surface area contributed by atoms with Crippen molar-refractivity contribution in [2.24, 2.45) is 11.5 Å². The van der Waals surface area contributed by atoms with E-state index in [2.05, 4.69) is 25.3 Å². The van der Waals surface area contributed by atoms with E-state index in [1.807, 2.05) is 0 Å². The number of rotatable bonds is 3. The summed E-state index contributed by atoms with van der Waals surface area (Å²) in [4.78, 5) is 0. The van der Waals surface area contributed by atoms with Crippen LogP contribution in [0.1, 0.15) is 0 Å². The Balaban J connectivity index is 3.29. The molecule has 0 fully saturated rings. The highest BCUT2D eigenvalue weighted by molar-refractivity contribution is 7.80. The van der Waals surface area contributed by atoms with Crippen LogP contribution in [0.5, 0.6) is 0 Å². The van der Waals surface area contributed by atoms with Gasteiger partial charge in [-0.3, -0.25) is 0 Å². The zero-order chi connectivity index (χ0) is 6.57. The van der Waals surface area contributed by atoms with Crippen molar-refractivity contribution in [2.75, 3.05) is 11.5 Å². The molecule has 50 valence electrons. The molecule has 0 radical (unpaired) electrons. The molecule has 4 N–H and O–H groups in total. The van der Waals surface area contributed by atoms with Crippen LogP contribution in [0.4, 0.5) is 0 Å². The van der Waals surface area contributed by atoms with Gasteiger partial charge in [-0.1, -0.05) is 0 Å². The Morgan fingerprint density at radius 3 is 1.38 bits per heavy atom. The van der Waals surface area contributed by atoms with Crippen molar-refractivity contribution in [3.8, 4) is 0 Å². The first-order valence-electron chi connectivity index (χ1n) is 2.45. The molecule has 0 rings (SSSR count). The summed E-state index contributed by atoms with van der Waals surface area (Å²) < 4.78 is 0. The monoisotopic (exact) mass is 152 g/mol. The second kappa shape index (κ2) is 4.49. The minimum absolute atomic E-state index is 0.0177. The summed E-state index contributed by atoms with van der Waals surface area (Å²) in [5.74, 6) is 1.25. The highest BCUT2D eigenvalue weighted by atomic mass is 32.1. The van der Waals surface area contributed by atoms with Gasteiger partial charge in [-0.05, 0) is 0 Å². The second-order valence-electron chi connectivity index (χ2n) is 1.69. The van der Waals surface area contributed by atoms with E-state index in [0.29, 0.717) is 11.5 Å². The normalized spacial score (nSPS) is 18.0. The van der Waals surface area contributed by atoms with E-state index in [4.69, 9.17) is 11.5 Å². The van der Waals surface area contributed by atoms with Crippen molar-refractivity contribution < 1.29 is 0 Å². The molecule has 4 heteroatoms. The Hall–Kier alpha value is 0.620. The molecule has 0 saturated heterocycles. The van der Waals surface area contributed by atoms with E-state index in [1.165, 1.54) is 0 Å². The summed E-state index contributed by atoms with van der Waals surface area (Å²) in [6.07, 6.45) is 0. The van der Waals surface area contributed by atoms with Gasteiger partial charge in [0, 0.05) is 23.6 Å². The van der Waals surface area contributed by atoms with Crippen LogP contribution >= 0.6 is 25.3 Å². The largest absolute Gasteiger partial charge is 0.326 e. The molecule has 0 saturated carbocycles. The molecule has 0 aromatic rings. The standard InChI is InChI=1S/C4H12N2S2/c5-3(1-7)4(6)2-8/h3-4,7-8H,1-2,5-6H2. The molecular weight excluding hydrogens is 140 g/mol. The minimum atomic E-state index is -0.0177. The molecule has 2 unspecified atom stereocenters. The van der Waals surface area contributed by atoms with E-state index in [0.717, 1.165) is 0 Å². The predicted molar refractivity (Wildman–Crippen MR) is 43.7 cm³/mol. The zero-order valence-electron chi connectivity index (χ0n) is 4.62. The van der Waals surface area contributed by atoms with Gasteiger partial charge < -0.3 is 11.5 Å². The summed E-state index contributed by atoms with van der Waals surface area (Å²) in [5, 5.41) is 0. The molecule has 0 bridgehead atoms. The van der Waals surface area contributed by atoms with Gasteiger partial charge in [-0.2, -0.15) is 25.3 Å². The van der Waals surface area contributed by atoms with Crippen molar-refractivity contribution >= 4 is 25.3 Å². The fourth-order valence-electron chi connectivity index (χ4n) is 0.271. The zero-order valence-corrected chi connectivity index (χ0v) is 6.41. The average molecular weight is 152 g/mol. The van der Waals surface area contributed by atoms with Gasteiger partial charge >= 0.3 is 0 Å².